The third kappa shape index (κ3) is 5.57. The molecule has 2 aromatic heterocycles. The molecule has 154 valence electrons. The standard InChI is InChI=1S/C20H26N6OS2/c1-12(23-19-21-10-15(28-5)11-22-19)8-13(2)24-20-25-16-7-6-14(9-17(16)29-20)18(27)26(3)4/h6-7,9-13H,8H2,1-5H3,(H,24,25)(H,21,22,23)/t12-,13-/m0/s1. The molecule has 0 fully saturated rings. The zero-order valence-electron chi connectivity index (χ0n) is 17.3. The zero-order chi connectivity index (χ0) is 21.0. The number of carbonyl (C=O) groups excluding carboxylic acids is 1. The maximum absolute atomic E-state index is 12.2. The lowest BCUT2D eigenvalue weighted by Crippen LogP contribution is -2.26. The van der Waals surface area contributed by atoms with Crippen LogP contribution in [-0.2, 0) is 0 Å². The summed E-state index contributed by atoms with van der Waals surface area (Å²) in [6.45, 7) is 4.24. The minimum absolute atomic E-state index is 0.00383. The van der Waals surface area contributed by atoms with Gasteiger partial charge in [-0.3, -0.25) is 4.79 Å². The molecular weight excluding hydrogens is 404 g/mol. The lowest BCUT2D eigenvalue weighted by Gasteiger charge is -2.19. The molecule has 0 saturated heterocycles. The first kappa shape index (κ1) is 21.3. The molecule has 2 atom stereocenters. The number of benzene rings is 1. The molecule has 0 bridgehead atoms. The van der Waals surface area contributed by atoms with Crippen molar-refractivity contribution in [3.63, 3.8) is 0 Å². The van der Waals surface area contributed by atoms with Crippen LogP contribution < -0.4 is 10.6 Å². The van der Waals surface area contributed by atoms with Crippen LogP contribution in [0, 0.1) is 0 Å². The molecule has 0 spiro atoms. The van der Waals surface area contributed by atoms with E-state index in [1.54, 1.807) is 42.1 Å². The topological polar surface area (TPSA) is 83.0 Å². The Bertz CT molecular complexity index is 973. The van der Waals surface area contributed by atoms with Gasteiger partial charge in [-0.1, -0.05) is 11.3 Å². The highest BCUT2D eigenvalue weighted by Crippen LogP contribution is 2.28. The van der Waals surface area contributed by atoms with Crippen molar-refractivity contribution in [2.24, 2.45) is 0 Å². The smallest absolute Gasteiger partial charge is 0.253 e. The molecule has 0 radical (unpaired) electrons. The van der Waals surface area contributed by atoms with E-state index < -0.39 is 0 Å². The van der Waals surface area contributed by atoms with Crippen LogP contribution in [0.3, 0.4) is 0 Å². The van der Waals surface area contributed by atoms with Gasteiger partial charge in [-0.05, 0) is 44.7 Å². The van der Waals surface area contributed by atoms with E-state index in [1.165, 1.54) is 0 Å². The first-order chi connectivity index (χ1) is 13.9. The van der Waals surface area contributed by atoms with Gasteiger partial charge in [-0.2, -0.15) is 0 Å². The molecular formula is C20H26N6OS2. The molecule has 1 amide bonds. The third-order valence-corrected chi connectivity index (χ3v) is 5.99. The number of nitrogens with one attached hydrogen (secondary N) is 2. The summed E-state index contributed by atoms with van der Waals surface area (Å²) in [7, 11) is 3.51. The Labute approximate surface area is 179 Å². The van der Waals surface area contributed by atoms with Crippen molar-refractivity contribution < 1.29 is 4.79 Å². The number of aromatic nitrogens is 3. The number of nitrogens with zero attached hydrogens (tertiary/aromatic N) is 4. The highest BCUT2D eigenvalue weighted by molar-refractivity contribution is 7.98. The Kier molecular flexibility index (Phi) is 6.92. The summed E-state index contributed by atoms with van der Waals surface area (Å²) in [6, 6.07) is 6.05. The van der Waals surface area contributed by atoms with Gasteiger partial charge in [0, 0.05) is 49.0 Å². The zero-order valence-corrected chi connectivity index (χ0v) is 18.9. The number of thioether (sulfide) groups is 1. The van der Waals surface area contributed by atoms with Gasteiger partial charge in [0.1, 0.15) is 0 Å². The number of thiazole rings is 1. The molecule has 0 aliphatic rings. The summed E-state index contributed by atoms with van der Waals surface area (Å²) < 4.78 is 1.00. The fourth-order valence-electron chi connectivity index (χ4n) is 2.95. The monoisotopic (exact) mass is 430 g/mol. The lowest BCUT2D eigenvalue weighted by atomic mass is 10.1. The lowest BCUT2D eigenvalue weighted by molar-refractivity contribution is 0.0828. The average molecular weight is 431 g/mol. The van der Waals surface area contributed by atoms with Crippen molar-refractivity contribution in [2.75, 3.05) is 31.0 Å². The number of carbonyl (C=O) groups is 1. The molecule has 1 aromatic carbocycles. The molecule has 3 rings (SSSR count). The van der Waals surface area contributed by atoms with Crippen molar-refractivity contribution in [3.05, 3.63) is 36.2 Å². The second-order valence-electron chi connectivity index (χ2n) is 7.17. The van der Waals surface area contributed by atoms with E-state index in [0.29, 0.717) is 11.5 Å². The van der Waals surface area contributed by atoms with E-state index in [4.69, 9.17) is 0 Å². The van der Waals surface area contributed by atoms with E-state index in [9.17, 15) is 4.79 Å². The fourth-order valence-corrected chi connectivity index (χ4v) is 4.29. The van der Waals surface area contributed by atoms with Gasteiger partial charge in [0.2, 0.25) is 5.95 Å². The summed E-state index contributed by atoms with van der Waals surface area (Å²) >= 11 is 3.19. The van der Waals surface area contributed by atoms with E-state index in [2.05, 4.69) is 39.4 Å². The maximum atomic E-state index is 12.2. The molecule has 0 aliphatic carbocycles. The van der Waals surface area contributed by atoms with Crippen LogP contribution in [-0.4, -0.2) is 58.2 Å². The first-order valence-electron chi connectivity index (χ1n) is 9.37. The van der Waals surface area contributed by atoms with Crippen molar-refractivity contribution >= 4 is 50.3 Å². The average Bonchev–Trinajstić information content (AvgIpc) is 3.08. The number of anilines is 2. The van der Waals surface area contributed by atoms with Crippen LogP contribution in [0.25, 0.3) is 10.2 Å². The molecule has 0 unspecified atom stereocenters. The Morgan fingerprint density at radius 3 is 2.52 bits per heavy atom. The summed E-state index contributed by atoms with van der Waals surface area (Å²) in [4.78, 5) is 28.1. The van der Waals surface area contributed by atoms with Crippen molar-refractivity contribution in [2.45, 2.75) is 37.2 Å². The van der Waals surface area contributed by atoms with Crippen LogP contribution in [0.4, 0.5) is 11.1 Å². The highest BCUT2D eigenvalue weighted by atomic mass is 32.2. The second-order valence-corrected chi connectivity index (χ2v) is 9.08. The summed E-state index contributed by atoms with van der Waals surface area (Å²) in [6.07, 6.45) is 6.54. The van der Waals surface area contributed by atoms with Crippen molar-refractivity contribution in [3.8, 4) is 0 Å². The summed E-state index contributed by atoms with van der Waals surface area (Å²) in [5, 5.41) is 7.66. The SMILES string of the molecule is CSc1cnc(N[C@@H](C)C[C@H](C)Nc2nc3ccc(C(=O)N(C)C)cc3s2)nc1. The molecule has 3 aromatic rings. The molecule has 2 N–H and O–H groups in total. The second kappa shape index (κ2) is 9.41. The number of fused-ring (bicyclic) bond motifs is 1. The molecule has 7 nitrogen and oxygen atoms in total. The van der Waals surface area contributed by atoms with Crippen LogP contribution >= 0.6 is 23.1 Å². The van der Waals surface area contributed by atoms with Gasteiger partial charge in [0.05, 0.1) is 10.2 Å². The molecule has 2 heterocycles. The highest BCUT2D eigenvalue weighted by Gasteiger charge is 2.14. The van der Waals surface area contributed by atoms with Crippen LogP contribution in [0.5, 0.6) is 0 Å². The van der Waals surface area contributed by atoms with E-state index >= 15 is 0 Å². The Balaban J connectivity index is 1.59. The maximum Gasteiger partial charge on any atom is 0.253 e. The van der Waals surface area contributed by atoms with Gasteiger partial charge in [0.25, 0.3) is 5.91 Å². The minimum Gasteiger partial charge on any atom is -0.359 e. The molecule has 9 heteroatoms. The number of amides is 1. The van der Waals surface area contributed by atoms with Gasteiger partial charge in [-0.25, -0.2) is 15.0 Å². The van der Waals surface area contributed by atoms with Gasteiger partial charge >= 0.3 is 0 Å². The van der Waals surface area contributed by atoms with E-state index in [0.717, 1.165) is 26.7 Å². The van der Waals surface area contributed by atoms with Gasteiger partial charge in [-0.15, -0.1) is 11.8 Å². The van der Waals surface area contributed by atoms with Gasteiger partial charge < -0.3 is 15.5 Å². The molecule has 29 heavy (non-hydrogen) atoms. The predicted molar refractivity (Wildman–Crippen MR) is 122 cm³/mol. The van der Waals surface area contributed by atoms with Crippen molar-refractivity contribution in [1.29, 1.82) is 0 Å². The van der Waals surface area contributed by atoms with Crippen LogP contribution in [0.15, 0.2) is 35.5 Å². The quantitative estimate of drug-likeness (QED) is 0.518. The Morgan fingerprint density at radius 1 is 1.17 bits per heavy atom. The predicted octanol–water partition coefficient (Wildman–Crippen LogP) is 4.20. The number of rotatable bonds is 8. The Hall–Kier alpha value is -2.39. The summed E-state index contributed by atoms with van der Waals surface area (Å²) in [5.41, 5.74) is 1.57. The number of hydrogen-bond acceptors (Lipinski definition) is 8. The van der Waals surface area contributed by atoms with Crippen LogP contribution in [0.2, 0.25) is 0 Å². The largest absolute Gasteiger partial charge is 0.359 e. The van der Waals surface area contributed by atoms with Crippen LogP contribution in [0.1, 0.15) is 30.6 Å². The number of hydrogen-bond donors (Lipinski definition) is 2. The molecule has 0 saturated carbocycles. The summed E-state index contributed by atoms with van der Waals surface area (Å²) in [5.74, 6) is 0.636. The van der Waals surface area contributed by atoms with E-state index in [-0.39, 0.29) is 18.0 Å². The molecule has 0 aliphatic heterocycles. The van der Waals surface area contributed by atoms with Gasteiger partial charge in [0.15, 0.2) is 5.13 Å². The minimum atomic E-state index is -0.00383. The van der Waals surface area contributed by atoms with E-state index in [1.807, 2.05) is 36.8 Å². The first-order valence-corrected chi connectivity index (χ1v) is 11.4. The van der Waals surface area contributed by atoms with Crippen molar-refractivity contribution in [1.82, 2.24) is 19.9 Å². The fraction of sp³-hybridized carbons (Fsp3) is 0.400. The Morgan fingerprint density at radius 2 is 1.86 bits per heavy atom. The normalized spacial score (nSPS) is 13.1. The third-order valence-electron chi connectivity index (χ3n) is 4.36.